The summed E-state index contributed by atoms with van der Waals surface area (Å²) >= 11 is 0. The van der Waals surface area contributed by atoms with E-state index in [-0.39, 0.29) is 0 Å². The molecule has 0 amide bonds. The van der Waals surface area contributed by atoms with Gasteiger partial charge >= 0.3 is 17.8 Å². The lowest BCUT2D eigenvalue weighted by molar-refractivity contribution is -0.194. The highest BCUT2D eigenvalue weighted by Gasteiger charge is 2.36. The molecule has 0 saturated carbocycles. The van der Waals surface area contributed by atoms with Crippen LogP contribution in [0.5, 0.6) is 0 Å². The number of ether oxygens (including phenoxy) is 1. The van der Waals surface area contributed by atoms with Crippen molar-refractivity contribution in [1.29, 1.82) is 0 Å². The third kappa shape index (κ3) is 2.79. The van der Waals surface area contributed by atoms with Crippen LogP contribution in [0.3, 0.4) is 0 Å². The van der Waals surface area contributed by atoms with Crippen molar-refractivity contribution in [1.82, 2.24) is 0 Å². The van der Waals surface area contributed by atoms with Crippen LogP contribution in [0.15, 0.2) is 12.7 Å². The molecule has 0 saturated heterocycles. The maximum absolute atomic E-state index is 12.6. The Hall–Kier alpha value is -1.39. The van der Waals surface area contributed by atoms with E-state index < -0.39 is 17.8 Å². The van der Waals surface area contributed by atoms with Crippen molar-refractivity contribution in [2.24, 2.45) is 0 Å². The summed E-state index contributed by atoms with van der Waals surface area (Å²) in [5.41, 5.74) is 0. The number of hydrogen-bond donors (Lipinski definition) is 1. The second kappa shape index (κ2) is 3.14. The molecule has 0 fully saturated rings. The van der Waals surface area contributed by atoms with Crippen molar-refractivity contribution < 1.29 is 23.8 Å². The van der Waals surface area contributed by atoms with Crippen LogP contribution in [0.1, 0.15) is 6.92 Å². The maximum Gasteiger partial charge on any atom is 0.381 e. The van der Waals surface area contributed by atoms with E-state index >= 15 is 0 Å². The minimum absolute atomic E-state index is 0.622. The van der Waals surface area contributed by atoms with Gasteiger partial charge in [-0.1, -0.05) is 6.58 Å². The molecule has 0 aromatic rings. The van der Waals surface area contributed by atoms with Gasteiger partial charge in [0.2, 0.25) is 0 Å². The molecule has 0 aromatic carbocycles. The molecule has 0 radical (unpaired) electrons. The van der Waals surface area contributed by atoms with Gasteiger partial charge in [-0.2, -0.15) is 4.39 Å². The van der Waals surface area contributed by atoms with Gasteiger partial charge in [0.25, 0.3) is 0 Å². The minimum Gasteiger partial charge on any atom is -0.476 e. The lowest BCUT2D eigenvalue weighted by atomic mass is 10.4. The van der Waals surface area contributed by atoms with Crippen LogP contribution in [-0.2, 0) is 14.3 Å². The van der Waals surface area contributed by atoms with E-state index in [2.05, 4.69) is 11.3 Å². The van der Waals surface area contributed by atoms with Gasteiger partial charge in [0, 0.05) is 13.0 Å². The van der Waals surface area contributed by atoms with Crippen LogP contribution < -0.4 is 0 Å². The monoisotopic (exact) mass is 162 g/mol. The maximum atomic E-state index is 12.6. The van der Waals surface area contributed by atoms with Gasteiger partial charge in [-0.05, 0) is 0 Å². The van der Waals surface area contributed by atoms with Crippen molar-refractivity contribution >= 4 is 11.9 Å². The van der Waals surface area contributed by atoms with E-state index in [0.717, 1.165) is 0 Å². The van der Waals surface area contributed by atoms with Gasteiger partial charge in [-0.25, -0.2) is 9.59 Å². The van der Waals surface area contributed by atoms with Crippen LogP contribution in [-0.4, -0.2) is 22.9 Å². The molecule has 0 aromatic heterocycles. The first kappa shape index (κ1) is 9.61. The Morgan fingerprint density at radius 3 is 2.45 bits per heavy atom. The second-order valence-electron chi connectivity index (χ2n) is 1.85. The molecule has 1 atom stereocenters. The van der Waals surface area contributed by atoms with Crippen molar-refractivity contribution in [3.63, 3.8) is 0 Å². The zero-order chi connectivity index (χ0) is 9.07. The zero-order valence-corrected chi connectivity index (χ0v) is 5.83. The van der Waals surface area contributed by atoms with E-state index in [4.69, 9.17) is 5.11 Å². The normalized spacial score (nSPS) is 14.7. The molecule has 0 aliphatic carbocycles. The lowest BCUT2D eigenvalue weighted by Gasteiger charge is -2.13. The van der Waals surface area contributed by atoms with Gasteiger partial charge in [-0.3, -0.25) is 0 Å². The number of rotatable bonds is 3. The van der Waals surface area contributed by atoms with Crippen LogP contribution in [0.25, 0.3) is 0 Å². The fourth-order valence-corrected chi connectivity index (χ4v) is 0.274. The van der Waals surface area contributed by atoms with E-state index in [1.165, 1.54) is 0 Å². The fourth-order valence-electron chi connectivity index (χ4n) is 0.274. The molecule has 11 heavy (non-hydrogen) atoms. The molecule has 5 heteroatoms. The average Bonchev–Trinajstić information content (AvgIpc) is 1.86. The fraction of sp³-hybridized carbons (Fsp3) is 0.333. The molecule has 1 N–H and O–H groups in total. The number of carboxylic acids is 1. The summed E-state index contributed by atoms with van der Waals surface area (Å²) in [4.78, 5) is 20.3. The van der Waals surface area contributed by atoms with Crippen molar-refractivity contribution in [3.8, 4) is 0 Å². The standard InChI is InChI=1S/C6H7FO4/c1-3-4(8)11-6(2,7)5(9)10/h3H,1H2,2H3,(H,9,10). The van der Waals surface area contributed by atoms with Gasteiger partial charge in [-0.15, -0.1) is 0 Å². The molecular formula is C6H7FO4. The Kier molecular flexibility index (Phi) is 2.74. The van der Waals surface area contributed by atoms with Gasteiger partial charge in [0.15, 0.2) is 0 Å². The summed E-state index contributed by atoms with van der Waals surface area (Å²) in [7, 11) is 0. The predicted octanol–water partition coefficient (Wildman–Crippen LogP) is 0.486. The second-order valence-corrected chi connectivity index (χ2v) is 1.85. The van der Waals surface area contributed by atoms with Crippen molar-refractivity contribution in [2.75, 3.05) is 0 Å². The number of carboxylic acid groups (broad SMARTS) is 1. The number of aliphatic carboxylic acids is 1. The largest absolute Gasteiger partial charge is 0.476 e. The molecule has 0 spiro atoms. The Bertz CT molecular complexity index is 197. The topological polar surface area (TPSA) is 63.6 Å². The van der Waals surface area contributed by atoms with Crippen LogP contribution in [0.4, 0.5) is 4.39 Å². The summed E-state index contributed by atoms with van der Waals surface area (Å²) in [6.07, 6.45) is 0.681. The number of carbonyl (C=O) groups is 2. The smallest absolute Gasteiger partial charge is 0.381 e. The summed E-state index contributed by atoms with van der Waals surface area (Å²) in [6, 6.07) is 0. The summed E-state index contributed by atoms with van der Waals surface area (Å²) in [5, 5.41) is 8.10. The highest BCUT2D eigenvalue weighted by Crippen LogP contribution is 2.12. The third-order valence-corrected chi connectivity index (χ3v) is 0.841. The highest BCUT2D eigenvalue weighted by molar-refractivity contribution is 5.85. The Morgan fingerprint density at radius 1 is 1.73 bits per heavy atom. The zero-order valence-electron chi connectivity index (χ0n) is 5.83. The van der Waals surface area contributed by atoms with E-state index in [1.807, 2.05) is 0 Å². The minimum atomic E-state index is -2.98. The first-order valence-corrected chi connectivity index (χ1v) is 2.68. The summed E-state index contributed by atoms with van der Waals surface area (Å²) in [5.74, 6) is -5.95. The van der Waals surface area contributed by atoms with Crippen molar-refractivity contribution in [3.05, 3.63) is 12.7 Å². The lowest BCUT2D eigenvalue weighted by Crippen LogP contribution is -2.34. The molecule has 0 bridgehead atoms. The third-order valence-electron chi connectivity index (χ3n) is 0.841. The van der Waals surface area contributed by atoms with Gasteiger partial charge < -0.3 is 9.84 Å². The molecular weight excluding hydrogens is 155 g/mol. The molecule has 0 heterocycles. The highest BCUT2D eigenvalue weighted by atomic mass is 19.2. The average molecular weight is 162 g/mol. The van der Waals surface area contributed by atoms with Crippen molar-refractivity contribution in [2.45, 2.75) is 12.8 Å². The summed E-state index contributed by atoms with van der Waals surface area (Å²) < 4.78 is 16.4. The van der Waals surface area contributed by atoms with Gasteiger partial charge in [0.1, 0.15) is 0 Å². The number of esters is 1. The Morgan fingerprint density at radius 2 is 2.18 bits per heavy atom. The molecule has 0 rings (SSSR count). The first-order chi connectivity index (χ1) is 4.90. The molecule has 0 aliphatic rings. The number of halogens is 1. The van der Waals surface area contributed by atoms with Crippen LogP contribution >= 0.6 is 0 Å². The van der Waals surface area contributed by atoms with E-state index in [1.54, 1.807) is 0 Å². The van der Waals surface area contributed by atoms with E-state index in [0.29, 0.717) is 13.0 Å². The number of carbonyl (C=O) groups excluding carboxylic acids is 1. The molecule has 4 nitrogen and oxygen atoms in total. The Labute approximate surface area is 62.3 Å². The van der Waals surface area contributed by atoms with Gasteiger partial charge in [0.05, 0.1) is 0 Å². The van der Waals surface area contributed by atoms with Crippen LogP contribution in [0.2, 0.25) is 0 Å². The molecule has 0 aliphatic heterocycles. The Balaban J connectivity index is 4.23. The number of hydrogen-bond acceptors (Lipinski definition) is 3. The summed E-state index contributed by atoms with van der Waals surface area (Å²) in [6.45, 7) is 3.59. The quantitative estimate of drug-likeness (QED) is 0.484. The molecule has 1 unspecified atom stereocenters. The SMILES string of the molecule is C=CC(=O)OC(C)(F)C(=O)O. The predicted molar refractivity (Wildman–Crippen MR) is 33.4 cm³/mol. The molecule has 62 valence electrons. The first-order valence-electron chi connectivity index (χ1n) is 2.68. The van der Waals surface area contributed by atoms with Crippen LogP contribution in [0, 0.1) is 0 Å². The number of alkyl halides is 1. The van der Waals surface area contributed by atoms with E-state index in [9.17, 15) is 14.0 Å².